The highest BCUT2D eigenvalue weighted by Gasteiger charge is 2.49. The molecule has 2 nitrogen and oxygen atoms in total. The average molecular weight is 249 g/mol. The van der Waals surface area contributed by atoms with Gasteiger partial charge in [0, 0.05) is 12.0 Å². The largest absolute Gasteiger partial charge is 0.355 e. The van der Waals surface area contributed by atoms with E-state index < -0.39 is 0 Å². The summed E-state index contributed by atoms with van der Waals surface area (Å²) in [6.45, 7) is 11.3. The zero-order valence-electron chi connectivity index (χ0n) is 12.0. The van der Waals surface area contributed by atoms with E-state index in [9.17, 15) is 4.79 Å². The second-order valence-corrected chi connectivity index (χ2v) is 6.90. The van der Waals surface area contributed by atoms with Crippen molar-refractivity contribution in [2.24, 2.45) is 23.2 Å². The first-order valence-corrected chi connectivity index (χ1v) is 7.37. The van der Waals surface area contributed by atoms with E-state index in [1.165, 1.54) is 31.3 Å². The first-order valence-electron chi connectivity index (χ1n) is 7.37. The molecule has 0 aromatic rings. The van der Waals surface area contributed by atoms with Crippen molar-refractivity contribution in [2.45, 2.75) is 58.9 Å². The van der Waals surface area contributed by atoms with E-state index in [-0.39, 0.29) is 0 Å². The molecule has 1 N–H and O–H groups in total. The van der Waals surface area contributed by atoms with Gasteiger partial charge >= 0.3 is 0 Å². The fraction of sp³-hybridized carbons (Fsp3) is 0.812. The molecule has 2 aliphatic rings. The molecule has 18 heavy (non-hydrogen) atoms. The van der Waals surface area contributed by atoms with Crippen molar-refractivity contribution in [1.29, 1.82) is 0 Å². The predicted molar refractivity (Wildman–Crippen MR) is 75.1 cm³/mol. The molecule has 0 saturated heterocycles. The molecule has 2 rings (SSSR count). The Morgan fingerprint density at radius 2 is 2.17 bits per heavy atom. The van der Waals surface area contributed by atoms with Crippen molar-refractivity contribution in [1.82, 2.24) is 5.32 Å². The molecule has 102 valence electrons. The van der Waals surface area contributed by atoms with Crippen LogP contribution in [0.1, 0.15) is 52.9 Å². The third-order valence-electron chi connectivity index (χ3n) is 5.42. The van der Waals surface area contributed by atoms with Gasteiger partial charge < -0.3 is 5.32 Å². The molecule has 2 heteroatoms. The van der Waals surface area contributed by atoms with Gasteiger partial charge in [0.15, 0.2) is 0 Å². The van der Waals surface area contributed by atoms with Crippen molar-refractivity contribution in [3.8, 4) is 0 Å². The summed E-state index contributed by atoms with van der Waals surface area (Å²) in [4.78, 5) is 11.0. The van der Waals surface area contributed by atoms with Crippen molar-refractivity contribution in [3.63, 3.8) is 0 Å². The Kier molecular flexibility index (Phi) is 3.84. The van der Waals surface area contributed by atoms with Gasteiger partial charge in [-0.25, -0.2) is 0 Å². The Balaban J connectivity index is 2.30. The molecule has 1 amide bonds. The molecule has 0 aliphatic heterocycles. The molecule has 0 heterocycles. The summed E-state index contributed by atoms with van der Waals surface area (Å²) in [5.74, 6) is 1.71. The second-order valence-electron chi connectivity index (χ2n) is 6.90. The average Bonchev–Trinajstić information content (AvgIpc) is 2.28. The van der Waals surface area contributed by atoms with Gasteiger partial charge in [0.25, 0.3) is 0 Å². The lowest BCUT2D eigenvalue weighted by atomic mass is 9.53. The molecular formula is C16H27NO. The number of carbonyl (C=O) groups excluding carboxylic acids is 1. The number of fused-ring (bicyclic) bond motifs is 1. The Morgan fingerprint density at radius 3 is 2.78 bits per heavy atom. The van der Waals surface area contributed by atoms with Crippen molar-refractivity contribution in [2.75, 3.05) is 0 Å². The van der Waals surface area contributed by atoms with Crippen LogP contribution in [0.4, 0.5) is 0 Å². The number of rotatable bonds is 3. The molecule has 0 aromatic heterocycles. The maximum absolute atomic E-state index is 11.0. The second kappa shape index (κ2) is 5.07. The Morgan fingerprint density at radius 1 is 1.44 bits per heavy atom. The van der Waals surface area contributed by atoms with Crippen LogP contribution in [0.25, 0.3) is 0 Å². The lowest BCUT2D eigenvalue weighted by Crippen LogP contribution is -2.55. The summed E-state index contributed by atoms with van der Waals surface area (Å²) < 4.78 is 0. The van der Waals surface area contributed by atoms with Gasteiger partial charge in [0.2, 0.25) is 6.41 Å². The number of nitrogens with one attached hydrogen (secondary N) is 1. The summed E-state index contributed by atoms with van der Waals surface area (Å²) >= 11 is 0. The van der Waals surface area contributed by atoms with Gasteiger partial charge in [-0.15, -0.1) is 0 Å². The molecule has 2 fully saturated rings. The summed E-state index contributed by atoms with van der Waals surface area (Å²) in [7, 11) is 0. The minimum absolute atomic E-state index is 0.300. The molecule has 0 bridgehead atoms. The fourth-order valence-corrected chi connectivity index (χ4v) is 4.46. The molecule has 0 radical (unpaired) electrons. The number of amides is 1. The Hall–Kier alpha value is -0.790. The molecular weight excluding hydrogens is 222 g/mol. The fourth-order valence-electron chi connectivity index (χ4n) is 4.46. The van der Waals surface area contributed by atoms with E-state index in [0.29, 0.717) is 29.2 Å². The summed E-state index contributed by atoms with van der Waals surface area (Å²) in [6, 6.07) is 0.300. The van der Waals surface area contributed by atoms with Gasteiger partial charge in [-0.05, 0) is 49.4 Å². The standard InChI is InChI=1S/C16H27NO/c1-11(2)13-7-9-16(4)8-5-6-12(3)14(16)15(13)17-10-18/h10-11,13-15H,3,5-9H2,1-2,4H3,(H,17,18)/t13?,14-,15+,16-/m1/s1. The van der Waals surface area contributed by atoms with Gasteiger partial charge in [-0.3, -0.25) is 4.79 Å². The number of carbonyl (C=O) groups is 1. The Bertz CT molecular complexity index is 336. The third kappa shape index (κ3) is 2.22. The maximum Gasteiger partial charge on any atom is 0.207 e. The highest BCUT2D eigenvalue weighted by Crippen LogP contribution is 2.54. The van der Waals surface area contributed by atoms with Crippen LogP contribution >= 0.6 is 0 Å². The number of hydrogen-bond acceptors (Lipinski definition) is 1. The molecule has 4 atom stereocenters. The predicted octanol–water partition coefficient (Wildman–Crippen LogP) is 3.53. The van der Waals surface area contributed by atoms with Crippen molar-refractivity contribution < 1.29 is 4.79 Å². The van der Waals surface area contributed by atoms with E-state index in [1.807, 2.05) is 0 Å². The Labute approximate surface area is 111 Å². The van der Waals surface area contributed by atoms with Crippen molar-refractivity contribution in [3.05, 3.63) is 12.2 Å². The molecule has 0 aromatic carbocycles. The van der Waals surface area contributed by atoms with Gasteiger partial charge in [-0.2, -0.15) is 0 Å². The van der Waals surface area contributed by atoms with Crippen LogP contribution in [0.3, 0.4) is 0 Å². The van der Waals surface area contributed by atoms with Crippen LogP contribution < -0.4 is 5.32 Å². The van der Waals surface area contributed by atoms with Gasteiger partial charge in [0.05, 0.1) is 0 Å². The van der Waals surface area contributed by atoms with E-state index in [0.717, 1.165) is 12.8 Å². The van der Waals surface area contributed by atoms with Gasteiger partial charge in [-0.1, -0.05) is 32.9 Å². The SMILES string of the molecule is C=C1CCC[C@]2(C)CCC(C(C)C)[C@H](NC=O)[C@@H]12. The van der Waals surface area contributed by atoms with Gasteiger partial charge in [0.1, 0.15) is 0 Å². The van der Waals surface area contributed by atoms with E-state index in [1.54, 1.807) is 0 Å². The van der Waals surface area contributed by atoms with E-state index in [2.05, 4.69) is 32.7 Å². The smallest absolute Gasteiger partial charge is 0.207 e. The highest BCUT2D eigenvalue weighted by molar-refractivity contribution is 5.47. The van der Waals surface area contributed by atoms with E-state index >= 15 is 0 Å². The van der Waals surface area contributed by atoms with Crippen LogP contribution in [-0.2, 0) is 4.79 Å². The van der Waals surface area contributed by atoms with Crippen LogP contribution in [-0.4, -0.2) is 12.5 Å². The summed E-state index contributed by atoms with van der Waals surface area (Å²) in [6.07, 6.45) is 7.13. The van der Waals surface area contributed by atoms with Crippen LogP contribution in [0.15, 0.2) is 12.2 Å². The lowest BCUT2D eigenvalue weighted by molar-refractivity contribution is -0.112. The summed E-state index contributed by atoms with van der Waals surface area (Å²) in [5.41, 5.74) is 1.73. The molecule has 0 spiro atoms. The van der Waals surface area contributed by atoms with Crippen LogP contribution in [0.5, 0.6) is 0 Å². The zero-order valence-corrected chi connectivity index (χ0v) is 12.0. The van der Waals surface area contributed by atoms with Crippen LogP contribution in [0, 0.1) is 23.2 Å². The lowest BCUT2D eigenvalue weighted by Gasteiger charge is -2.54. The molecule has 1 unspecified atom stereocenters. The minimum atomic E-state index is 0.300. The monoisotopic (exact) mass is 249 g/mol. The zero-order chi connectivity index (χ0) is 13.3. The van der Waals surface area contributed by atoms with Crippen molar-refractivity contribution >= 4 is 6.41 Å². The quantitative estimate of drug-likeness (QED) is 0.601. The first-order chi connectivity index (χ1) is 8.49. The third-order valence-corrected chi connectivity index (χ3v) is 5.42. The first kappa shape index (κ1) is 13.6. The van der Waals surface area contributed by atoms with Crippen LogP contribution in [0.2, 0.25) is 0 Å². The normalized spacial score (nSPS) is 40.4. The minimum Gasteiger partial charge on any atom is -0.355 e. The molecule has 2 saturated carbocycles. The molecule has 2 aliphatic carbocycles. The van der Waals surface area contributed by atoms with E-state index in [4.69, 9.17) is 0 Å². The number of hydrogen-bond donors (Lipinski definition) is 1. The topological polar surface area (TPSA) is 29.1 Å². The highest BCUT2D eigenvalue weighted by atomic mass is 16.1. The maximum atomic E-state index is 11.0. The summed E-state index contributed by atoms with van der Waals surface area (Å²) in [5, 5.41) is 3.13.